The van der Waals surface area contributed by atoms with E-state index in [0.29, 0.717) is 40.4 Å². The van der Waals surface area contributed by atoms with Crippen LogP contribution < -0.4 is 19.1 Å². The lowest BCUT2D eigenvalue weighted by atomic mass is 10.0. The van der Waals surface area contributed by atoms with Crippen LogP contribution in [0.1, 0.15) is 28.7 Å². The maximum absolute atomic E-state index is 14.8. The fraction of sp³-hybridized carbons (Fsp3) is 0.290. The Bertz CT molecular complexity index is 1720. The van der Waals surface area contributed by atoms with Crippen molar-refractivity contribution in [2.75, 3.05) is 36.9 Å². The SMILES string of the molecule is COc1ccc(CN(c2cccc(F)n2)S(=O)(=O)c2cc(C)c(NCc3c(F)cccc3CN3CCC3)cn2)c(OC)c1. The highest BCUT2D eigenvalue weighted by Crippen LogP contribution is 2.31. The first-order valence-electron chi connectivity index (χ1n) is 13.7. The molecule has 1 N–H and O–H groups in total. The van der Waals surface area contributed by atoms with Gasteiger partial charge in [-0.3, -0.25) is 4.90 Å². The number of hydrogen-bond donors (Lipinski definition) is 1. The second-order valence-electron chi connectivity index (χ2n) is 10.2. The molecule has 3 heterocycles. The van der Waals surface area contributed by atoms with E-state index in [-0.39, 0.29) is 29.8 Å². The number of likely N-dealkylation sites (tertiary alicyclic amines) is 1. The lowest BCUT2D eigenvalue weighted by molar-refractivity contribution is 0.172. The molecule has 2 aromatic carbocycles. The molecule has 2 aromatic heterocycles. The van der Waals surface area contributed by atoms with Crippen LogP contribution in [-0.2, 0) is 29.7 Å². The highest BCUT2D eigenvalue weighted by Gasteiger charge is 2.29. The maximum atomic E-state index is 14.8. The van der Waals surface area contributed by atoms with E-state index in [2.05, 4.69) is 20.2 Å². The molecule has 5 rings (SSSR count). The van der Waals surface area contributed by atoms with Crippen molar-refractivity contribution >= 4 is 21.5 Å². The van der Waals surface area contributed by atoms with Crippen LogP contribution in [0, 0.1) is 18.7 Å². The van der Waals surface area contributed by atoms with Gasteiger partial charge in [0.2, 0.25) is 5.95 Å². The van der Waals surface area contributed by atoms with Gasteiger partial charge in [0.15, 0.2) is 5.03 Å². The zero-order valence-corrected chi connectivity index (χ0v) is 25.0. The number of nitrogens with one attached hydrogen (secondary N) is 1. The Hall–Kier alpha value is -4.29. The lowest BCUT2D eigenvalue weighted by Crippen LogP contribution is -2.36. The molecule has 0 aliphatic carbocycles. The second-order valence-corrected chi connectivity index (χ2v) is 12.0. The van der Waals surface area contributed by atoms with Crippen LogP contribution >= 0.6 is 0 Å². The van der Waals surface area contributed by atoms with Crippen LogP contribution in [0.4, 0.5) is 20.3 Å². The quantitative estimate of drug-likeness (QED) is 0.217. The summed E-state index contributed by atoms with van der Waals surface area (Å²) in [5.74, 6) is -0.329. The summed E-state index contributed by atoms with van der Waals surface area (Å²) in [7, 11) is -1.35. The van der Waals surface area contributed by atoms with Crippen molar-refractivity contribution in [3.63, 3.8) is 0 Å². The Morgan fingerprint density at radius 1 is 1.00 bits per heavy atom. The van der Waals surface area contributed by atoms with Gasteiger partial charge >= 0.3 is 0 Å². The average Bonchev–Trinajstić information content (AvgIpc) is 2.97. The number of hydrogen-bond acceptors (Lipinski definition) is 8. The van der Waals surface area contributed by atoms with Crippen molar-refractivity contribution in [2.24, 2.45) is 0 Å². The average molecular weight is 610 g/mol. The summed E-state index contributed by atoms with van der Waals surface area (Å²) >= 11 is 0. The molecule has 1 fully saturated rings. The first-order chi connectivity index (χ1) is 20.7. The summed E-state index contributed by atoms with van der Waals surface area (Å²) in [6, 6.07) is 15.4. The van der Waals surface area contributed by atoms with Crippen LogP contribution in [0.15, 0.2) is 71.9 Å². The molecule has 0 spiro atoms. The molecule has 43 heavy (non-hydrogen) atoms. The van der Waals surface area contributed by atoms with Gasteiger partial charge in [0.1, 0.15) is 23.1 Å². The maximum Gasteiger partial charge on any atom is 0.283 e. The molecule has 0 unspecified atom stereocenters. The van der Waals surface area contributed by atoms with E-state index in [0.717, 1.165) is 35.4 Å². The van der Waals surface area contributed by atoms with Crippen LogP contribution in [-0.4, -0.2) is 50.6 Å². The third-order valence-electron chi connectivity index (χ3n) is 7.42. The van der Waals surface area contributed by atoms with Crippen LogP contribution in [0.2, 0.25) is 0 Å². The first kappa shape index (κ1) is 30.2. The van der Waals surface area contributed by atoms with E-state index in [1.165, 1.54) is 44.7 Å². The Morgan fingerprint density at radius 2 is 1.79 bits per heavy atom. The van der Waals surface area contributed by atoms with Crippen LogP contribution in [0.25, 0.3) is 0 Å². The molecule has 226 valence electrons. The number of aromatic nitrogens is 2. The van der Waals surface area contributed by atoms with Gasteiger partial charge in [-0.2, -0.15) is 12.8 Å². The van der Waals surface area contributed by atoms with Crippen molar-refractivity contribution in [2.45, 2.75) is 38.0 Å². The minimum Gasteiger partial charge on any atom is -0.497 e. The molecule has 4 aromatic rings. The fourth-order valence-corrected chi connectivity index (χ4v) is 6.24. The van der Waals surface area contributed by atoms with E-state index in [9.17, 15) is 17.2 Å². The van der Waals surface area contributed by atoms with Crippen molar-refractivity contribution in [1.82, 2.24) is 14.9 Å². The molecule has 12 heteroatoms. The number of nitrogens with zero attached hydrogens (tertiary/aromatic N) is 4. The van der Waals surface area contributed by atoms with Crippen LogP contribution in [0.5, 0.6) is 11.5 Å². The van der Waals surface area contributed by atoms with Gasteiger partial charge in [0, 0.05) is 30.3 Å². The number of methoxy groups -OCH3 is 2. The molecule has 0 bridgehead atoms. The molecule has 1 aliphatic heterocycles. The Kier molecular flexibility index (Phi) is 9.07. The fourth-order valence-electron chi connectivity index (χ4n) is 4.85. The Balaban J connectivity index is 1.43. The number of anilines is 2. The zero-order chi connectivity index (χ0) is 30.6. The van der Waals surface area contributed by atoms with Gasteiger partial charge in [-0.05, 0) is 74.0 Å². The van der Waals surface area contributed by atoms with Gasteiger partial charge in [0.25, 0.3) is 10.0 Å². The number of rotatable bonds is 12. The second kappa shape index (κ2) is 12.9. The molecule has 0 saturated carbocycles. The molecule has 1 saturated heterocycles. The van der Waals surface area contributed by atoms with E-state index < -0.39 is 16.0 Å². The van der Waals surface area contributed by atoms with Crippen molar-refractivity contribution in [3.05, 3.63) is 101 Å². The predicted molar refractivity (Wildman–Crippen MR) is 160 cm³/mol. The summed E-state index contributed by atoms with van der Waals surface area (Å²) < 4.78 is 68.7. The minimum atomic E-state index is -4.33. The summed E-state index contributed by atoms with van der Waals surface area (Å²) in [4.78, 5) is 10.3. The van der Waals surface area contributed by atoms with E-state index in [1.807, 2.05) is 6.07 Å². The van der Waals surface area contributed by atoms with Crippen molar-refractivity contribution < 1.29 is 26.7 Å². The van der Waals surface area contributed by atoms with Gasteiger partial charge in [-0.1, -0.05) is 18.2 Å². The summed E-state index contributed by atoms with van der Waals surface area (Å²) in [5.41, 5.74) is 3.12. The molecular formula is C31H33F2N5O4S. The molecular weight excluding hydrogens is 576 g/mol. The third-order valence-corrected chi connectivity index (χ3v) is 9.07. The minimum absolute atomic E-state index is 0.117. The number of sulfonamides is 1. The largest absolute Gasteiger partial charge is 0.497 e. The monoisotopic (exact) mass is 609 g/mol. The first-order valence-corrected chi connectivity index (χ1v) is 15.2. The number of halogens is 2. The number of pyridine rings is 2. The van der Waals surface area contributed by atoms with Gasteiger partial charge in [0.05, 0.1) is 32.6 Å². The zero-order valence-electron chi connectivity index (χ0n) is 24.2. The Labute approximate surface area is 250 Å². The highest BCUT2D eigenvalue weighted by atomic mass is 32.2. The lowest BCUT2D eigenvalue weighted by Gasteiger charge is -2.31. The number of benzene rings is 2. The smallest absolute Gasteiger partial charge is 0.283 e. The van der Waals surface area contributed by atoms with Crippen molar-refractivity contribution in [1.29, 1.82) is 0 Å². The van der Waals surface area contributed by atoms with Crippen molar-refractivity contribution in [3.8, 4) is 11.5 Å². The number of aryl methyl sites for hydroxylation is 1. The summed E-state index contributed by atoms with van der Waals surface area (Å²) in [6.45, 7) is 4.40. The third kappa shape index (κ3) is 6.70. The van der Waals surface area contributed by atoms with E-state index in [1.54, 1.807) is 31.2 Å². The summed E-state index contributed by atoms with van der Waals surface area (Å²) in [6.07, 6.45) is 2.55. The van der Waals surface area contributed by atoms with Crippen LogP contribution in [0.3, 0.4) is 0 Å². The number of ether oxygens (including phenoxy) is 2. The van der Waals surface area contributed by atoms with Gasteiger partial charge in [-0.15, -0.1) is 0 Å². The molecule has 0 radical (unpaired) electrons. The highest BCUT2D eigenvalue weighted by molar-refractivity contribution is 7.92. The topological polar surface area (TPSA) is 96.9 Å². The molecule has 0 atom stereocenters. The normalized spacial score (nSPS) is 13.3. The van der Waals surface area contributed by atoms with E-state index >= 15 is 0 Å². The summed E-state index contributed by atoms with van der Waals surface area (Å²) in [5, 5.41) is 2.96. The molecule has 0 amide bonds. The van der Waals surface area contributed by atoms with Gasteiger partial charge < -0.3 is 14.8 Å². The predicted octanol–water partition coefficient (Wildman–Crippen LogP) is 5.29. The molecule has 1 aliphatic rings. The van der Waals surface area contributed by atoms with E-state index in [4.69, 9.17) is 9.47 Å². The standard InChI is InChI=1S/C31H33F2N5O4S/c1-21-15-31(35-18-27(21)34-17-25-22(7-4-8-26(25)32)19-37-13-6-14-37)43(39,40)38(30-10-5-9-29(33)36-30)20-23-11-12-24(41-2)16-28(23)42-3/h4-5,7-12,15-16,18,34H,6,13-14,17,19-20H2,1-3H3. The Morgan fingerprint density at radius 3 is 2.47 bits per heavy atom. The molecule has 9 nitrogen and oxygen atoms in total. The van der Waals surface area contributed by atoms with Gasteiger partial charge in [-0.25, -0.2) is 18.7 Å².